The largest absolute Gasteiger partial charge is 0.333 e. The van der Waals surface area contributed by atoms with Crippen molar-refractivity contribution in [1.29, 1.82) is 0 Å². The highest BCUT2D eigenvalue weighted by Crippen LogP contribution is 2.31. The van der Waals surface area contributed by atoms with Crippen LogP contribution in [0, 0.1) is 0 Å². The highest BCUT2D eigenvalue weighted by molar-refractivity contribution is 7.89. The van der Waals surface area contributed by atoms with E-state index in [0.29, 0.717) is 6.04 Å². The van der Waals surface area contributed by atoms with Crippen LogP contribution in [0.3, 0.4) is 0 Å². The normalized spacial score (nSPS) is 22.7. The molecule has 26 heavy (non-hydrogen) atoms. The molecule has 6 heteroatoms. The standard InChI is InChI=1S/C20H28N2O3S/c1-20(2,3)15-7-11-18(12-8-15)26(24,25)21-14-13-19(23)22-16-5-4-6-17(22)10-9-16/h4-5,7-8,11-12,16-17,21H,6,9-10,13-14H2,1-3H3. The van der Waals surface area contributed by atoms with E-state index >= 15 is 0 Å². The number of nitrogens with one attached hydrogen (secondary N) is 1. The molecule has 0 spiro atoms. The minimum atomic E-state index is -3.60. The Morgan fingerprint density at radius 3 is 2.50 bits per heavy atom. The molecular formula is C20H28N2O3S. The number of carbonyl (C=O) groups excluding carboxylic acids is 1. The smallest absolute Gasteiger partial charge is 0.240 e. The quantitative estimate of drug-likeness (QED) is 0.804. The Labute approximate surface area is 156 Å². The van der Waals surface area contributed by atoms with E-state index in [1.54, 1.807) is 12.1 Å². The summed E-state index contributed by atoms with van der Waals surface area (Å²) in [6.45, 7) is 6.39. The molecule has 2 bridgehead atoms. The molecule has 0 radical (unpaired) electrons. The van der Waals surface area contributed by atoms with Crippen LogP contribution in [0.5, 0.6) is 0 Å². The van der Waals surface area contributed by atoms with Crippen LogP contribution in [-0.2, 0) is 20.2 Å². The summed E-state index contributed by atoms with van der Waals surface area (Å²) >= 11 is 0. The molecule has 1 amide bonds. The Morgan fingerprint density at radius 2 is 1.88 bits per heavy atom. The molecule has 142 valence electrons. The summed E-state index contributed by atoms with van der Waals surface area (Å²) < 4.78 is 27.4. The van der Waals surface area contributed by atoms with Gasteiger partial charge in [-0.05, 0) is 42.4 Å². The maximum absolute atomic E-state index is 12.5. The molecule has 2 unspecified atom stereocenters. The molecule has 1 saturated heterocycles. The van der Waals surface area contributed by atoms with Gasteiger partial charge in [0.25, 0.3) is 0 Å². The summed E-state index contributed by atoms with van der Waals surface area (Å²) in [4.78, 5) is 14.7. The Kier molecular flexibility index (Phi) is 5.26. The lowest BCUT2D eigenvalue weighted by Crippen LogP contribution is -2.43. The summed E-state index contributed by atoms with van der Waals surface area (Å²) in [6.07, 6.45) is 7.40. The van der Waals surface area contributed by atoms with Crippen LogP contribution in [0.25, 0.3) is 0 Å². The zero-order valence-electron chi connectivity index (χ0n) is 15.7. The minimum Gasteiger partial charge on any atom is -0.333 e. The van der Waals surface area contributed by atoms with E-state index in [0.717, 1.165) is 24.8 Å². The van der Waals surface area contributed by atoms with E-state index in [-0.39, 0.29) is 35.2 Å². The van der Waals surface area contributed by atoms with Crippen LogP contribution in [0.15, 0.2) is 41.3 Å². The molecule has 0 aromatic heterocycles. The molecule has 0 aliphatic carbocycles. The summed E-state index contributed by atoms with van der Waals surface area (Å²) in [5.41, 5.74) is 1.06. The predicted octanol–water partition coefficient (Wildman–Crippen LogP) is 2.97. The minimum absolute atomic E-state index is 0.0234. The molecule has 2 heterocycles. The molecule has 1 aromatic rings. The van der Waals surface area contributed by atoms with Crippen molar-refractivity contribution in [3.05, 3.63) is 42.0 Å². The summed E-state index contributed by atoms with van der Waals surface area (Å²) in [5, 5.41) is 0. The van der Waals surface area contributed by atoms with Crippen molar-refractivity contribution in [2.75, 3.05) is 6.54 Å². The molecule has 1 N–H and O–H groups in total. The van der Waals surface area contributed by atoms with Crippen molar-refractivity contribution >= 4 is 15.9 Å². The first-order valence-electron chi connectivity index (χ1n) is 9.26. The van der Waals surface area contributed by atoms with Crippen LogP contribution in [0.1, 0.15) is 52.0 Å². The third-order valence-corrected chi connectivity index (χ3v) is 6.74. The van der Waals surface area contributed by atoms with Crippen LogP contribution < -0.4 is 4.72 Å². The van der Waals surface area contributed by atoms with Gasteiger partial charge in [-0.15, -0.1) is 0 Å². The first-order chi connectivity index (χ1) is 12.2. The zero-order chi connectivity index (χ0) is 18.9. The van der Waals surface area contributed by atoms with Crippen molar-refractivity contribution in [3.8, 4) is 0 Å². The number of fused-ring (bicyclic) bond motifs is 2. The highest BCUT2D eigenvalue weighted by Gasteiger charge is 2.36. The fourth-order valence-electron chi connectivity index (χ4n) is 3.75. The number of sulfonamides is 1. The third kappa shape index (κ3) is 4.01. The van der Waals surface area contributed by atoms with Gasteiger partial charge in [-0.1, -0.05) is 45.1 Å². The second-order valence-corrected chi connectivity index (χ2v) is 9.95. The lowest BCUT2D eigenvalue weighted by molar-refractivity contribution is -0.133. The fourth-order valence-corrected chi connectivity index (χ4v) is 4.78. The van der Waals surface area contributed by atoms with Gasteiger partial charge < -0.3 is 4.90 Å². The van der Waals surface area contributed by atoms with Crippen LogP contribution in [0.4, 0.5) is 0 Å². The molecule has 2 aliphatic rings. The molecule has 2 aliphatic heterocycles. The summed E-state index contributed by atoms with van der Waals surface area (Å²) in [6, 6.07) is 7.43. The van der Waals surface area contributed by atoms with Gasteiger partial charge >= 0.3 is 0 Å². The van der Waals surface area contributed by atoms with Crippen molar-refractivity contribution < 1.29 is 13.2 Å². The zero-order valence-corrected chi connectivity index (χ0v) is 16.6. The Balaban J connectivity index is 1.57. The summed E-state index contributed by atoms with van der Waals surface area (Å²) in [7, 11) is -3.60. The van der Waals surface area contributed by atoms with Crippen LogP contribution in [-0.4, -0.2) is 37.9 Å². The predicted molar refractivity (Wildman–Crippen MR) is 102 cm³/mol. The number of hydrogen-bond donors (Lipinski definition) is 1. The molecule has 1 fully saturated rings. The SMILES string of the molecule is CC(C)(C)c1ccc(S(=O)(=O)NCCC(=O)N2C3C=CCC2CC3)cc1. The second kappa shape index (κ2) is 7.16. The lowest BCUT2D eigenvalue weighted by atomic mass is 9.87. The maximum atomic E-state index is 12.5. The Morgan fingerprint density at radius 1 is 1.19 bits per heavy atom. The average molecular weight is 377 g/mol. The maximum Gasteiger partial charge on any atom is 0.240 e. The topological polar surface area (TPSA) is 66.5 Å². The van der Waals surface area contributed by atoms with Gasteiger partial charge in [0.15, 0.2) is 0 Å². The highest BCUT2D eigenvalue weighted by atomic mass is 32.2. The summed E-state index contributed by atoms with van der Waals surface area (Å²) in [5.74, 6) is 0.0348. The molecule has 1 aromatic carbocycles. The van der Waals surface area contributed by atoms with Crippen molar-refractivity contribution in [2.24, 2.45) is 0 Å². The van der Waals surface area contributed by atoms with Gasteiger partial charge in [0.05, 0.1) is 10.9 Å². The molecule has 2 atom stereocenters. The van der Waals surface area contributed by atoms with Crippen LogP contribution in [0.2, 0.25) is 0 Å². The number of nitrogens with zero attached hydrogens (tertiary/aromatic N) is 1. The van der Waals surface area contributed by atoms with Gasteiger partial charge in [0.2, 0.25) is 15.9 Å². The van der Waals surface area contributed by atoms with Gasteiger partial charge in [-0.2, -0.15) is 0 Å². The molecular weight excluding hydrogens is 348 g/mol. The number of rotatable bonds is 5. The van der Waals surface area contributed by atoms with Gasteiger partial charge in [0, 0.05) is 19.0 Å². The fraction of sp³-hybridized carbons (Fsp3) is 0.550. The van der Waals surface area contributed by atoms with Gasteiger partial charge in [-0.3, -0.25) is 4.79 Å². The first kappa shape index (κ1) is 19.1. The van der Waals surface area contributed by atoms with Gasteiger partial charge in [0.1, 0.15) is 0 Å². The van der Waals surface area contributed by atoms with Crippen molar-refractivity contribution in [1.82, 2.24) is 9.62 Å². The first-order valence-corrected chi connectivity index (χ1v) is 10.7. The number of amides is 1. The molecule has 5 nitrogen and oxygen atoms in total. The van der Waals surface area contributed by atoms with E-state index in [1.165, 1.54) is 0 Å². The van der Waals surface area contributed by atoms with Crippen molar-refractivity contribution in [2.45, 2.75) is 68.8 Å². The Bertz CT molecular complexity index is 791. The lowest BCUT2D eigenvalue weighted by Gasteiger charge is -2.31. The van der Waals surface area contributed by atoms with E-state index in [2.05, 4.69) is 37.6 Å². The van der Waals surface area contributed by atoms with E-state index in [4.69, 9.17) is 0 Å². The van der Waals surface area contributed by atoms with E-state index in [9.17, 15) is 13.2 Å². The Hall–Kier alpha value is -1.66. The molecule has 3 rings (SSSR count). The average Bonchev–Trinajstić information content (AvgIpc) is 2.83. The van der Waals surface area contributed by atoms with E-state index in [1.807, 2.05) is 17.0 Å². The second-order valence-electron chi connectivity index (χ2n) is 8.19. The number of benzene rings is 1. The van der Waals surface area contributed by atoms with Crippen LogP contribution >= 0.6 is 0 Å². The molecule has 0 saturated carbocycles. The number of carbonyl (C=O) groups is 1. The van der Waals surface area contributed by atoms with Gasteiger partial charge in [-0.25, -0.2) is 13.1 Å². The monoisotopic (exact) mass is 376 g/mol. The third-order valence-electron chi connectivity index (χ3n) is 5.26. The number of hydrogen-bond acceptors (Lipinski definition) is 3. The van der Waals surface area contributed by atoms with E-state index < -0.39 is 10.0 Å². The van der Waals surface area contributed by atoms with Crippen molar-refractivity contribution in [3.63, 3.8) is 0 Å².